The van der Waals surface area contributed by atoms with Gasteiger partial charge in [0.25, 0.3) is 5.91 Å². The highest BCUT2D eigenvalue weighted by Gasteiger charge is 2.40. The Hall–Kier alpha value is -2.22. The average molecular weight is 380 g/mol. The number of amides is 4. The van der Waals surface area contributed by atoms with Crippen LogP contribution in [0.3, 0.4) is 0 Å². The van der Waals surface area contributed by atoms with Crippen molar-refractivity contribution in [3.05, 3.63) is 27.7 Å². The van der Waals surface area contributed by atoms with Crippen LogP contribution in [0.5, 0.6) is 0 Å². The van der Waals surface area contributed by atoms with Gasteiger partial charge in [-0.1, -0.05) is 0 Å². The number of halogens is 1. The van der Waals surface area contributed by atoms with E-state index >= 15 is 0 Å². The Labute approximate surface area is 140 Å². The minimum Gasteiger partial charge on any atom is -0.326 e. The maximum Gasteiger partial charge on any atom is 0.256 e. The molecule has 7 nitrogen and oxygen atoms in total. The molecule has 0 aliphatic carbocycles. The van der Waals surface area contributed by atoms with Gasteiger partial charge in [0.05, 0.1) is 5.56 Å². The second-order valence-corrected chi connectivity index (χ2v) is 6.38. The standard InChI is InChI=1S/C15H14BrN3O4/c1-7(20)17-10-3-2-9(16)13-8(10)6-19(15(13)23)11-4-5-12(21)18-14(11)22/h2-3,11H,4-6H2,1H3,(H,17,20)(H,18,21,22). The van der Waals surface area contributed by atoms with Crippen molar-refractivity contribution in [1.82, 2.24) is 10.2 Å². The van der Waals surface area contributed by atoms with Crippen molar-refractivity contribution < 1.29 is 19.2 Å². The zero-order chi connectivity index (χ0) is 16.7. The maximum atomic E-state index is 12.7. The molecule has 0 saturated carbocycles. The summed E-state index contributed by atoms with van der Waals surface area (Å²) < 4.78 is 0.612. The summed E-state index contributed by atoms with van der Waals surface area (Å²) >= 11 is 3.35. The topological polar surface area (TPSA) is 95.6 Å². The molecule has 0 spiro atoms. The smallest absolute Gasteiger partial charge is 0.256 e. The van der Waals surface area contributed by atoms with Crippen LogP contribution in [0, 0.1) is 0 Å². The summed E-state index contributed by atoms with van der Waals surface area (Å²) in [5, 5.41) is 4.96. The SMILES string of the molecule is CC(=O)Nc1ccc(Br)c2c1CN(C1CCC(=O)NC1=O)C2=O. The van der Waals surface area contributed by atoms with Gasteiger partial charge in [-0.05, 0) is 34.5 Å². The van der Waals surface area contributed by atoms with E-state index in [1.165, 1.54) is 11.8 Å². The van der Waals surface area contributed by atoms with Crippen molar-refractivity contribution in [3.63, 3.8) is 0 Å². The predicted octanol–water partition coefficient (Wildman–Crippen LogP) is 1.17. The fourth-order valence-corrected chi connectivity index (χ4v) is 3.48. The molecule has 1 aromatic rings. The number of benzene rings is 1. The van der Waals surface area contributed by atoms with Gasteiger partial charge in [-0.15, -0.1) is 0 Å². The Kier molecular flexibility index (Phi) is 3.93. The first-order valence-corrected chi connectivity index (χ1v) is 7.91. The minimum atomic E-state index is -0.676. The molecule has 1 saturated heterocycles. The maximum absolute atomic E-state index is 12.7. The summed E-state index contributed by atoms with van der Waals surface area (Å²) in [5.74, 6) is -1.30. The Morgan fingerprint density at radius 3 is 2.74 bits per heavy atom. The van der Waals surface area contributed by atoms with E-state index in [2.05, 4.69) is 26.6 Å². The van der Waals surface area contributed by atoms with Crippen LogP contribution < -0.4 is 10.6 Å². The van der Waals surface area contributed by atoms with Crippen LogP contribution in [-0.4, -0.2) is 34.6 Å². The van der Waals surface area contributed by atoms with Gasteiger partial charge in [0.15, 0.2) is 0 Å². The first kappa shape index (κ1) is 15.7. The van der Waals surface area contributed by atoms with E-state index in [0.717, 1.165) is 0 Å². The second-order valence-electron chi connectivity index (χ2n) is 5.53. The predicted molar refractivity (Wildman–Crippen MR) is 84.5 cm³/mol. The van der Waals surface area contributed by atoms with Gasteiger partial charge in [0.2, 0.25) is 17.7 Å². The Balaban J connectivity index is 1.95. The lowest BCUT2D eigenvalue weighted by atomic mass is 10.0. The van der Waals surface area contributed by atoms with E-state index in [0.29, 0.717) is 27.7 Å². The first-order valence-electron chi connectivity index (χ1n) is 7.12. The molecule has 2 aliphatic heterocycles. The lowest BCUT2D eigenvalue weighted by Gasteiger charge is -2.29. The van der Waals surface area contributed by atoms with Crippen LogP contribution in [-0.2, 0) is 20.9 Å². The van der Waals surface area contributed by atoms with Gasteiger partial charge >= 0.3 is 0 Å². The van der Waals surface area contributed by atoms with Gasteiger partial charge < -0.3 is 10.2 Å². The molecule has 2 heterocycles. The van der Waals surface area contributed by atoms with Crippen molar-refractivity contribution in [1.29, 1.82) is 0 Å². The molecule has 120 valence electrons. The van der Waals surface area contributed by atoms with Crippen molar-refractivity contribution in [2.75, 3.05) is 5.32 Å². The molecular formula is C15H14BrN3O4. The molecule has 4 amide bonds. The minimum absolute atomic E-state index is 0.205. The number of nitrogens with zero attached hydrogens (tertiary/aromatic N) is 1. The molecule has 0 bridgehead atoms. The van der Waals surface area contributed by atoms with Crippen molar-refractivity contribution in [3.8, 4) is 0 Å². The van der Waals surface area contributed by atoms with E-state index in [1.807, 2.05) is 0 Å². The third-order valence-electron chi connectivity index (χ3n) is 3.96. The summed E-state index contributed by atoms with van der Waals surface area (Å²) in [6.45, 7) is 1.61. The molecule has 2 aliphatic rings. The normalized spacial score (nSPS) is 20.3. The Morgan fingerprint density at radius 1 is 1.35 bits per heavy atom. The number of rotatable bonds is 2. The molecule has 1 unspecified atom stereocenters. The van der Waals surface area contributed by atoms with Gasteiger partial charge in [-0.25, -0.2) is 0 Å². The first-order chi connectivity index (χ1) is 10.9. The Morgan fingerprint density at radius 2 is 2.09 bits per heavy atom. The number of fused-ring (bicyclic) bond motifs is 1. The lowest BCUT2D eigenvalue weighted by Crippen LogP contribution is -2.52. The highest BCUT2D eigenvalue weighted by molar-refractivity contribution is 9.10. The highest BCUT2D eigenvalue weighted by Crippen LogP contribution is 2.36. The molecule has 23 heavy (non-hydrogen) atoms. The van der Waals surface area contributed by atoms with Crippen molar-refractivity contribution in [2.45, 2.75) is 32.4 Å². The number of hydrogen-bond donors (Lipinski definition) is 2. The van der Waals surface area contributed by atoms with Crippen LogP contribution in [0.15, 0.2) is 16.6 Å². The largest absolute Gasteiger partial charge is 0.326 e. The van der Waals surface area contributed by atoms with Crippen LogP contribution in [0.1, 0.15) is 35.7 Å². The number of carbonyl (C=O) groups is 4. The zero-order valence-corrected chi connectivity index (χ0v) is 13.9. The van der Waals surface area contributed by atoms with E-state index < -0.39 is 11.9 Å². The van der Waals surface area contributed by atoms with Crippen LogP contribution in [0.25, 0.3) is 0 Å². The number of nitrogens with one attached hydrogen (secondary N) is 2. The molecule has 1 aromatic carbocycles. The number of carbonyl (C=O) groups excluding carboxylic acids is 4. The monoisotopic (exact) mass is 379 g/mol. The summed E-state index contributed by atoms with van der Waals surface area (Å²) in [7, 11) is 0. The molecule has 0 aromatic heterocycles. The number of piperidine rings is 1. The third kappa shape index (κ3) is 2.74. The van der Waals surface area contributed by atoms with Gasteiger partial charge in [-0.2, -0.15) is 0 Å². The summed E-state index contributed by atoms with van der Waals surface area (Å²) in [6, 6.07) is 2.73. The summed E-state index contributed by atoms with van der Waals surface area (Å²) in [5.41, 5.74) is 1.67. The van der Waals surface area contributed by atoms with Crippen molar-refractivity contribution >= 4 is 45.2 Å². The zero-order valence-electron chi connectivity index (χ0n) is 12.3. The second kappa shape index (κ2) is 5.77. The molecule has 0 radical (unpaired) electrons. The van der Waals surface area contributed by atoms with E-state index in [4.69, 9.17) is 0 Å². The number of hydrogen-bond acceptors (Lipinski definition) is 4. The lowest BCUT2D eigenvalue weighted by molar-refractivity contribution is -0.137. The number of imide groups is 1. The van der Waals surface area contributed by atoms with Crippen molar-refractivity contribution in [2.24, 2.45) is 0 Å². The van der Waals surface area contributed by atoms with Gasteiger partial charge in [-0.3, -0.25) is 24.5 Å². The van der Waals surface area contributed by atoms with E-state index in [9.17, 15) is 19.2 Å². The number of anilines is 1. The molecule has 8 heteroatoms. The molecule has 1 atom stereocenters. The molecule has 2 N–H and O–H groups in total. The van der Waals surface area contributed by atoms with Gasteiger partial charge in [0.1, 0.15) is 6.04 Å². The fourth-order valence-electron chi connectivity index (χ4n) is 2.94. The van der Waals surface area contributed by atoms with E-state index in [-0.39, 0.29) is 30.7 Å². The fraction of sp³-hybridized carbons (Fsp3) is 0.333. The summed E-state index contributed by atoms with van der Waals surface area (Å²) in [6.07, 6.45) is 0.508. The summed E-state index contributed by atoms with van der Waals surface area (Å²) in [4.78, 5) is 48.8. The van der Waals surface area contributed by atoms with Crippen LogP contribution in [0.4, 0.5) is 5.69 Å². The molecular weight excluding hydrogens is 366 g/mol. The molecule has 3 rings (SSSR count). The van der Waals surface area contributed by atoms with Crippen LogP contribution in [0.2, 0.25) is 0 Å². The Bertz CT molecular complexity index is 746. The quantitative estimate of drug-likeness (QED) is 0.753. The van der Waals surface area contributed by atoms with E-state index in [1.54, 1.807) is 12.1 Å². The molecule has 1 fully saturated rings. The third-order valence-corrected chi connectivity index (χ3v) is 4.62. The van der Waals surface area contributed by atoms with Gasteiger partial charge in [0, 0.05) is 35.6 Å². The highest BCUT2D eigenvalue weighted by atomic mass is 79.9. The van der Waals surface area contributed by atoms with Crippen LogP contribution >= 0.6 is 15.9 Å². The average Bonchev–Trinajstić information content (AvgIpc) is 2.80.